The lowest BCUT2D eigenvalue weighted by Crippen LogP contribution is -2.36. The van der Waals surface area contributed by atoms with E-state index in [9.17, 15) is 50.5 Å². The molecule has 3 aliphatic rings. The minimum Gasteiger partial charge on any atom is -0.267 e. The molecule has 18 nitrogen and oxygen atoms in total. The average molecular weight is 593 g/mol. The molecule has 192 valence electrons. The molecule has 3 rings (SSSR count). The van der Waals surface area contributed by atoms with Gasteiger partial charge in [-0.05, 0) is 6.92 Å². The summed E-state index contributed by atoms with van der Waals surface area (Å²) in [6.07, 6.45) is 0. The maximum atomic E-state index is 10.7. The second kappa shape index (κ2) is 10.4. The fourth-order valence-electron chi connectivity index (χ4n) is 1.47. The summed E-state index contributed by atoms with van der Waals surface area (Å²) < 4.78 is 150. The van der Waals surface area contributed by atoms with Crippen molar-refractivity contribution < 1.29 is 75.6 Å². The summed E-state index contributed by atoms with van der Waals surface area (Å²) in [6.45, 7) is -1.01. The Labute approximate surface area is 184 Å². The van der Waals surface area contributed by atoms with Gasteiger partial charge >= 0.3 is 0 Å². The molecule has 0 saturated carbocycles. The highest BCUT2D eigenvalue weighted by molar-refractivity contribution is 8.05. The Balaban J connectivity index is 0.000000240. The van der Waals surface area contributed by atoms with Crippen molar-refractivity contribution in [3.05, 3.63) is 0 Å². The molecule has 24 heteroatoms. The zero-order chi connectivity index (χ0) is 25.1. The molecule has 0 aliphatic carbocycles. The second-order valence-corrected chi connectivity index (χ2v) is 16.8. The molecule has 0 radical (unpaired) electrons. The highest BCUT2D eigenvalue weighted by atomic mass is 32.3. The van der Waals surface area contributed by atoms with Gasteiger partial charge < -0.3 is 0 Å². The van der Waals surface area contributed by atoms with Crippen LogP contribution in [0.25, 0.3) is 0 Å². The van der Waals surface area contributed by atoms with Crippen molar-refractivity contribution in [1.82, 2.24) is 0 Å². The highest BCUT2D eigenvalue weighted by Crippen LogP contribution is 2.18. The van der Waals surface area contributed by atoms with Gasteiger partial charge in [-0.1, -0.05) is 0 Å². The first-order chi connectivity index (χ1) is 14.2. The van der Waals surface area contributed by atoms with Crippen LogP contribution < -0.4 is 0 Å². The van der Waals surface area contributed by atoms with Crippen LogP contribution in [0.2, 0.25) is 0 Å². The maximum Gasteiger partial charge on any atom is 0.289 e. The van der Waals surface area contributed by atoms with E-state index in [1.165, 1.54) is 0 Å². The van der Waals surface area contributed by atoms with Gasteiger partial charge in [0.15, 0.2) is 13.6 Å². The molecule has 3 saturated heterocycles. The molecule has 3 aliphatic heterocycles. The minimum absolute atomic E-state index is 0.248. The third kappa shape index (κ3) is 10.2. The van der Waals surface area contributed by atoms with Crippen LogP contribution in [0.1, 0.15) is 6.92 Å². The lowest BCUT2D eigenvalue weighted by atomic mass is 10.8. The molecular weight excluding hydrogens is 576 g/mol. The predicted molar refractivity (Wildman–Crippen MR) is 98.7 cm³/mol. The lowest BCUT2D eigenvalue weighted by Gasteiger charge is -2.17. The summed E-state index contributed by atoms with van der Waals surface area (Å²) >= 11 is 0. The van der Waals surface area contributed by atoms with E-state index in [0.717, 1.165) is 6.92 Å². The fourth-order valence-corrected chi connectivity index (χ4v) is 8.78. The molecule has 3 heterocycles. The smallest absolute Gasteiger partial charge is 0.267 e. The predicted octanol–water partition coefficient (Wildman–Crippen LogP) is -3.75. The van der Waals surface area contributed by atoms with Gasteiger partial charge in [-0.2, -0.15) is 50.5 Å². The molecule has 3 fully saturated rings. The number of rotatable bonds is 0. The van der Waals surface area contributed by atoms with Gasteiger partial charge in [0.05, 0.1) is 13.2 Å². The Kier molecular flexibility index (Phi) is 9.57. The summed E-state index contributed by atoms with van der Waals surface area (Å²) in [7, 11) is -23.7. The Morgan fingerprint density at radius 3 is 1.03 bits per heavy atom. The van der Waals surface area contributed by atoms with E-state index in [1.54, 1.807) is 0 Å². The van der Waals surface area contributed by atoms with Gasteiger partial charge in [-0.15, -0.1) is 0 Å². The van der Waals surface area contributed by atoms with Crippen LogP contribution in [0.3, 0.4) is 0 Å². The number of hydrogen-bond acceptors (Lipinski definition) is 18. The molecule has 0 spiro atoms. The summed E-state index contributed by atoms with van der Waals surface area (Å²) in [5.74, 6) is 0. The molecule has 0 aromatic heterocycles. The number of hydrogen-bond donors (Lipinski definition) is 0. The van der Waals surface area contributed by atoms with Gasteiger partial charge in [0, 0.05) is 0 Å². The van der Waals surface area contributed by atoms with Crippen LogP contribution in [-0.2, 0) is 85.8 Å². The Hall–Kier alpha value is -0.540. The van der Waals surface area contributed by atoms with E-state index in [-0.39, 0.29) is 13.2 Å². The summed E-state index contributed by atoms with van der Waals surface area (Å²) in [4.78, 5) is 0. The quantitative estimate of drug-likeness (QED) is 0.244. The first kappa shape index (κ1) is 29.5. The van der Waals surface area contributed by atoms with Gasteiger partial charge in [0.2, 0.25) is 14.8 Å². The van der Waals surface area contributed by atoms with E-state index < -0.39 is 89.0 Å². The van der Waals surface area contributed by atoms with Crippen LogP contribution in [0.15, 0.2) is 0 Å². The van der Waals surface area contributed by atoms with Gasteiger partial charge in [0.25, 0.3) is 60.7 Å². The first-order valence-corrected chi connectivity index (χ1v) is 16.7. The SMILES string of the molecule is CC1S(=O)(=O)OCOS1(=O)=O.O=S1(=O)CS(=O)(=O)OCCO1.O=S1(=O)CS(=O)(=O)OCO1. The second-order valence-electron chi connectivity index (χ2n) is 5.37. The van der Waals surface area contributed by atoms with E-state index in [0.29, 0.717) is 0 Å². The van der Waals surface area contributed by atoms with Crippen molar-refractivity contribution >= 4 is 60.7 Å². The molecule has 0 aromatic rings. The van der Waals surface area contributed by atoms with E-state index in [1.807, 2.05) is 0 Å². The van der Waals surface area contributed by atoms with Crippen LogP contribution in [0.4, 0.5) is 0 Å². The molecule has 32 heavy (non-hydrogen) atoms. The Morgan fingerprint density at radius 1 is 0.469 bits per heavy atom. The van der Waals surface area contributed by atoms with Crippen LogP contribution >= 0.6 is 0 Å². The van der Waals surface area contributed by atoms with Crippen molar-refractivity contribution in [2.24, 2.45) is 0 Å². The highest BCUT2D eigenvalue weighted by Gasteiger charge is 2.40. The Bertz CT molecular complexity index is 1200. The van der Waals surface area contributed by atoms with Crippen molar-refractivity contribution in [1.29, 1.82) is 0 Å². The van der Waals surface area contributed by atoms with Crippen LogP contribution in [0, 0.1) is 0 Å². The average Bonchev–Trinajstić information content (AvgIpc) is 2.67. The van der Waals surface area contributed by atoms with Crippen molar-refractivity contribution in [3.63, 3.8) is 0 Å². The Morgan fingerprint density at radius 2 is 0.750 bits per heavy atom. The van der Waals surface area contributed by atoms with Crippen LogP contribution in [0.5, 0.6) is 0 Å². The van der Waals surface area contributed by atoms with E-state index in [4.69, 9.17) is 0 Å². The molecule has 0 atom stereocenters. The van der Waals surface area contributed by atoms with Gasteiger partial charge in [-0.25, -0.2) is 16.7 Å². The largest absolute Gasteiger partial charge is 0.289 e. The standard InChI is InChI=1S/2C3H6O6S2.C2H4O6S2/c1-3-10(4,5)8-2-9-11(3,6)7;4-10(5)3-11(6,7)9-2-1-8-10;3-9(4)2-10(5,6)8-1-7-9/h3H,2H2,1H3;1-3H2;1-2H2. The third-order valence-corrected chi connectivity index (χ3v) is 13.4. The molecular formula is C8H16O18S6. The molecule has 0 bridgehead atoms. The van der Waals surface area contributed by atoms with E-state index in [2.05, 4.69) is 25.1 Å². The van der Waals surface area contributed by atoms with Crippen molar-refractivity contribution in [3.8, 4) is 0 Å². The molecule has 0 aromatic carbocycles. The van der Waals surface area contributed by atoms with Crippen molar-refractivity contribution in [2.75, 3.05) is 37.0 Å². The van der Waals surface area contributed by atoms with E-state index >= 15 is 0 Å². The molecule has 0 unspecified atom stereocenters. The third-order valence-electron chi connectivity index (χ3n) is 2.88. The van der Waals surface area contributed by atoms with Crippen molar-refractivity contribution in [2.45, 2.75) is 11.5 Å². The maximum absolute atomic E-state index is 10.7. The van der Waals surface area contributed by atoms with Crippen LogP contribution in [-0.4, -0.2) is 92.1 Å². The minimum atomic E-state index is -3.98. The van der Waals surface area contributed by atoms with Gasteiger partial charge in [0.1, 0.15) is 0 Å². The normalized spacial score (nSPS) is 29.5. The fraction of sp³-hybridized carbons (Fsp3) is 1.00. The lowest BCUT2D eigenvalue weighted by molar-refractivity contribution is 0.120. The summed E-state index contributed by atoms with van der Waals surface area (Å²) in [6, 6.07) is 0. The first-order valence-electron chi connectivity index (χ1n) is 7.44. The zero-order valence-electron chi connectivity index (χ0n) is 15.6. The summed E-state index contributed by atoms with van der Waals surface area (Å²) in [5.41, 5.74) is 0. The summed E-state index contributed by atoms with van der Waals surface area (Å²) in [5, 5.41) is -2.19. The molecule has 0 amide bonds. The topological polar surface area (TPSA) is 260 Å². The van der Waals surface area contributed by atoms with Gasteiger partial charge in [-0.3, -0.25) is 8.37 Å². The monoisotopic (exact) mass is 592 g/mol. The zero-order valence-corrected chi connectivity index (χ0v) is 20.5. The molecule has 0 N–H and O–H groups in total.